The van der Waals surface area contributed by atoms with Gasteiger partial charge in [0, 0.05) is 25.8 Å². The monoisotopic (exact) mass is 271 g/mol. The fourth-order valence-corrected chi connectivity index (χ4v) is 3.11. The number of nitrogens with zero attached hydrogens (tertiary/aromatic N) is 2. The van der Waals surface area contributed by atoms with Crippen LogP contribution in [0.25, 0.3) is 0 Å². The highest BCUT2D eigenvalue weighted by molar-refractivity contribution is 7.89. The third-order valence-corrected chi connectivity index (χ3v) is 4.57. The quantitative estimate of drug-likeness (QED) is 0.822. The van der Waals surface area contributed by atoms with Gasteiger partial charge in [0.05, 0.1) is 13.2 Å². The lowest BCUT2D eigenvalue weighted by Crippen LogP contribution is -2.40. The highest BCUT2D eigenvalue weighted by Crippen LogP contribution is 2.15. The Morgan fingerprint density at radius 2 is 2.11 bits per heavy atom. The summed E-state index contributed by atoms with van der Waals surface area (Å²) in [5.74, 6) is 0. The molecule has 0 spiro atoms. The first-order valence-electron chi connectivity index (χ1n) is 5.82. The number of ether oxygens (including phenoxy) is 1. The van der Waals surface area contributed by atoms with Crippen LogP contribution < -0.4 is 5.32 Å². The zero-order chi connectivity index (χ0) is 13.0. The molecule has 6 nitrogen and oxygen atoms in total. The van der Waals surface area contributed by atoms with Crippen LogP contribution in [-0.2, 0) is 21.3 Å². The van der Waals surface area contributed by atoms with E-state index >= 15 is 0 Å². The van der Waals surface area contributed by atoms with Gasteiger partial charge in [-0.05, 0) is 18.7 Å². The maximum Gasteiger partial charge on any atom is 0.260 e. The van der Waals surface area contributed by atoms with Crippen molar-refractivity contribution in [1.82, 2.24) is 14.6 Å². The molecule has 1 saturated heterocycles. The van der Waals surface area contributed by atoms with E-state index in [1.165, 1.54) is 4.31 Å². The van der Waals surface area contributed by atoms with Crippen molar-refractivity contribution in [3.8, 4) is 0 Å². The van der Waals surface area contributed by atoms with Crippen LogP contribution in [0.4, 0.5) is 0 Å². The Balaban J connectivity index is 2.18. The lowest BCUT2D eigenvalue weighted by molar-refractivity contribution is 0.0729. The van der Waals surface area contributed by atoms with E-state index in [0.29, 0.717) is 32.8 Å². The van der Waals surface area contributed by atoms with Crippen LogP contribution in [0, 0.1) is 0 Å². The second kappa shape index (κ2) is 5.75. The zero-order valence-corrected chi connectivity index (χ0v) is 11.1. The number of nitrogens with one attached hydrogen (secondary N) is 1. The van der Waals surface area contributed by atoms with Crippen molar-refractivity contribution in [2.24, 2.45) is 0 Å². The van der Waals surface area contributed by atoms with Crippen molar-refractivity contribution in [3.63, 3.8) is 0 Å². The smallest absolute Gasteiger partial charge is 0.260 e. The molecule has 1 aliphatic heterocycles. The second-order valence-electron chi connectivity index (χ2n) is 4.05. The molecule has 1 N–H and O–H groups in total. The molecule has 0 atom stereocenters. The number of pyridine rings is 1. The molecular formula is C11H17N3O3S. The summed E-state index contributed by atoms with van der Waals surface area (Å²) < 4.78 is 31.1. The van der Waals surface area contributed by atoms with Crippen LogP contribution in [0.2, 0.25) is 0 Å². The SMILES string of the molecule is CNCc1ccc(S(=O)(=O)N2CCOCC2)nc1. The Bertz CT molecular complexity index is 481. The molecule has 0 bridgehead atoms. The van der Waals surface area contributed by atoms with E-state index in [9.17, 15) is 8.42 Å². The Morgan fingerprint density at radius 1 is 1.39 bits per heavy atom. The molecule has 1 fully saturated rings. The fraction of sp³-hybridized carbons (Fsp3) is 0.545. The predicted octanol–water partition coefficient (Wildman–Crippen LogP) is -0.178. The summed E-state index contributed by atoms with van der Waals surface area (Å²) >= 11 is 0. The molecule has 0 aromatic carbocycles. The summed E-state index contributed by atoms with van der Waals surface area (Å²) in [4.78, 5) is 4.03. The van der Waals surface area contributed by atoms with Crippen LogP contribution in [0.5, 0.6) is 0 Å². The molecule has 1 aromatic rings. The minimum Gasteiger partial charge on any atom is -0.379 e. The number of morpholine rings is 1. The van der Waals surface area contributed by atoms with Gasteiger partial charge in [-0.1, -0.05) is 6.07 Å². The van der Waals surface area contributed by atoms with E-state index in [-0.39, 0.29) is 5.03 Å². The molecule has 0 unspecified atom stereocenters. The van der Waals surface area contributed by atoms with Gasteiger partial charge in [0.1, 0.15) is 0 Å². The normalized spacial score (nSPS) is 17.8. The average Bonchev–Trinajstić information content (AvgIpc) is 2.41. The first-order valence-corrected chi connectivity index (χ1v) is 7.26. The molecule has 0 aliphatic carbocycles. The molecule has 2 rings (SSSR count). The first kappa shape index (κ1) is 13.4. The summed E-state index contributed by atoms with van der Waals surface area (Å²) in [7, 11) is -1.64. The molecule has 0 saturated carbocycles. The Kier molecular flexibility index (Phi) is 4.28. The number of hydrogen-bond donors (Lipinski definition) is 1. The maximum absolute atomic E-state index is 12.2. The number of hydrogen-bond acceptors (Lipinski definition) is 5. The number of sulfonamides is 1. The largest absolute Gasteiger partial charge is 0.379 e. The molecule has 1 aliphatic rings. The lowest BCUT2D eigenvalue weighted by atomic mass is 10.3. The minimum absolute atomic E-state index is 0.101. The average molecular weight is 271 g/mol. The molecule has 0 amide bonds. The van der Waals surface area contributed by atoms with Crippen LogP contribution in [0.1, 0.15) is 5.56 Å². The Hall–Kier alpha value is -1.02. The topological polar surface area (TPSA) is 71.5 Å². The van der Waals surface area contributed by atoms with Crippen LogP contribution >= 0.6 is 0 Å². The first-order chi connectivity index (χ1) is 8.64. The number of rotatable bonds is 4. The van der Waals surface area contributed by atoms with E-state index in [2.05, 4.69) is 10.3 Å². The van der Waals surface area contributed by atoms with E-state index < -0.39 is 10.0 Å². The van der Waals surface area contributed by atoms with Crippen LogP contribution in [-0.4, -0.2) is 51.1 Å². The number of aromatic nitrogens is 1. The van der Waals surface area contributed by atoms with Crippen molar-refractivity contribution < 1.29 is 13.2 Å². The fourth-order valence-electron chi connectivity index (χ4n) is 1.79. The Morgan fingerprint density at radius 3 is 2.67 bits per heavy atom. The summed E-state index contributed by atoms with van der Waals surface area (Å²) in [5.41, 5.74) is 0.957. The van der Waals surface area contributed by atoms with Gasteiger partial charge in [0.2, 0.25) is 0 Å². The third-order valence-electron chi connectivity index (χ3n) is 2.75. The minimum atomic E-state index is -3.47. The maximum atomic E-state index is 12.2. The third kappa shape index (κ3) is 2.86. The Labute approximate surface area is 107 Å². The van der Waals surface area contributed by atoms with Crippen LogP contribution in [0.15, 0.2) is 23.4 Å². The molecule has 1 aromatic heterocycles. The van der Waals surface area contributed by atoms with Gasteiger partial charge in [-0.2, -0.15) is 4.31 Å². The molecule has 100 valence electrons. The van der Waals surface area contributed by atoms with Gasteiger partial charge in [-0.25, -0.2) is 13.4 Å². The second-order valence-corrected chi connectivity index (χ2v) is 5.94. The zero-order valence-electron chi connectivity index (χ0n) is 10.3. The van der Waals surface area contributed by atoms with E-state index in [4.69, 9.17) is 4.74 Å². The highest BCUT2D eigenvalue weighted by Gasteiger charge is 2.27. The predicted molar refractivity (Wildman–Crippen MR) is 66.6 cm³/mol. The van der Waals surface area contributed by atoms with Crippen molar-refractivity contribution in [1.29, 1.82) is 0 Å². The summed E-state index contributed by atoms with van der Waals surface area (Å²) in [6, 6.07) is 3.33. The van der Waals surface area contributed by atoms with Crippen molar-refractivity contribution >= 4 is 10.0 Å². The van der Waals surface area contributed by atoms with Crippen molar-refractivity contribution in [2.45, 2.75) is 11.6 Å². The van der Waals surface area contributed by atoms with Gasteiger partial charge < -0.3 is 10.1 Å². The molecule has 7 heteroatoms. The molecular weight excluding hydrogens is 254 g/mol. The summed E-state index contributed by atoms with van der Waals surface area (Å²) in [6.45, 7) is 2.34. The summed E-state index contributed by atoms with van der Waals surface area (Å²) in [5, 5.41) is 3.09. The van der Waals surface area contributed by atoms with E-state index in [0.717, 1.165) is 5.56 Å². The van der Waals surface area contributed by atoms with E-state index in [1.807, 2.05) is 7.05 Å². The van der Waals surface area contributed by atoms with E-state index in [1.54, 1.807) is 18.3 Å². The molecule has 2 heterocycles. The van der Waals surface area contributed by atoms with Gasteiger partial charge in [-0.3, -0.25) is 0 Å². The van der Waals surface area contributed by atoms with Crippen LogP contribution in [0.3, 0.4) is 0 Å². The van der Waals surface area contributed by atoms with Gasteiger partial charge in [0.25, 0.3) is 10.0 Å². The van der Waals surface area contributed by atoms with Crippen molar-refractivity contribution in [2.75, 3.05) is 33.4 Å². The lowest BCUT2D eigenvalue weighted by Gasteiger charge is -2.25. The molecule has 18 heavy (non-hydrogen) atoms. The van der Waals surface area contributed by atoms with Gasteiger partial charge in [-0.15, -0.1) is 0 Å². The standard InChI is InChI=1S/C11H17N3O3S/c1-12-8-10-2-3-11(13-9-10)18(15,16)14-4-6-17-7-5-14/h2-3,9,12H,4-8H2,1H3. The van der Waals surface area contributed by atoms with Crippen molar-refractivity contribution in [3.05, 3.63) is 23.9 Å². The highest BCUT2D eigenvalue weighted by atomic mass is 32.2. The van der Waals surface area contributed by atoms with Gasteiger partial charge >= 0.3 is 0 Å². The molecule has 0 radical (unpaired) electrons. The van der Waals surface area contributed by atoms with Gasteiger partial charge in [0.15, 0.2) is 5.03 Å². The summed E-state index contributed by atoms with van der Waals surface area (Å²) in [6.07, 6.45) is 1.59.